The second kappa shape index (κ2) is 5.32. The van der Waals surface area contributed by atoms with Crippen LogP contribution in [0.2, 0.25) is 0 Å². The zero-order chi connectivity index (χ0) is 15.7. The molecule has 0 saturated heterocycles. The molecule has 0 fully saturated rings. The summed E-state index contributed by atoms with van der Waals surface area (Å²) in [4.78, 5) is 0.229. The summed E-state index contributed by atoms with van der Waals surface area (Å²) in [6, 6.07) is 17.7. The lowest BCUT2D eigenvalue weighted by Gasteiger charge is -2.07. The molecule has 0 aliphatic carbocycles. The average Bonchev–Trinajstić information content (AvgIpc) is 2.95. The molecule has 0 aliphatic rings. The quantitative estimate of drug-likeness (QED) is 0.743. The third kappa shape index (κ3) is 2.18. The fraction of sp³-hybridized carbons (Fsp3) is 0.118. The summed E-state index contributed by atoms with van der Waals surface area (Å²) in [6.07, 6.45) is 1.56. The van der Waals surface area contributed by atoms with Crippen molar-refractivity contribution in [1.29, 1.82) is 5.26 Å². The zero-order valence-electron chi connectivity index (χ0n) is 12.0. The van der Waals surface area contributed by atoms with Crippen LogP contribution in [0.15, 0.2) is 65.7 Å². The van der Waals surface area contributed by atoms with Crippen LogP contribution in [0, 0.1) is 11.3 Å². The van der Waals surface area contributed by atoms with Crippen molar-refractivity contribution >= 4 is 20.9 Å². The minimum absolute atomic E-state index is 0.229. The zero-order valence-corrected chi connectivity index (χ0v) is 12.8. The first-order valence-electron chi connectivity index (χ1n) is 6.86. The lowest BCUT2D eigenvalue weighted by atomic mass is 10.0. The molecule has 22 heavy (non-hydrogen) atoms. The van der Waals surface area contributed by atoms with Crippen LogP contribution < -0.4 is 0 Å². The number of fused-ring (bicyclic) bond motifs is 1. The van der Waals surface area contributed by atoms with Crippen molar-refractivity contribution in [3.63, 3.8) is 0 Å². The Bertz CT molecular complexity index is 967. The van der Waals surface area contributed by atoms with Crippen molar-refractivity contribution in [2.24, 2.45) is 0 Å². The van der Waals surface area contributed by atoms with Gasteiger partial charge in [-0.15, -0.1) is 0 Å². The summed E-state index contributed by atoms with van der Waals surface area (Å²) in [5.74, 6) is -0.378. The van der Waals surface area contributed by atoms with Crippen molar-refractivity contribution in [2.45, 2.75) is 17.7 Å². The molecule has 1 atom stereocenters. The maximum absolute atomic E-state index is 12.9. The maximum Gasteiger partial charge on any atom is 0.268 e. The van der Waals surface area contributed by atoms with Crippen LogP contribution in [0.4, 0.5) is 0 Å². The predicted octanol–water partition coefficient (Wildman–Crippen LogP) is 3.51. The fourth-order valence-electron chi connectivity index (χ4n) is 2.49. The second-order valence-electron chi connectivity index (χ2n) is 5.07. The van der Waals surface area contributed by atoms with Crippen molar-refractivity contribution in [3.05, 3.63) is 66.4 Å². The van der Waals surface area contributed by atoms with Gasteiger partial charge in [-0.25, -0.2) is 12.4 Å². The second-order valence-corrected chi connectivity index (χ2v) is 6.88. The van der Waals surface area contributed by atoms with Crippen molar-refractivity contribution in [3.8, 4) is 6.07 Å². The summed E-state index contributed by atoms with van der Waals surface area (Å²) in [6.45, 7) is 1.77. The van der Waals surface area contributed by atoms with E-state index in [-0.39, 0.29) is 10.8 Å². The normalized spacial score (nSPS) is 12.9. The van der Waals surface area contributed by atoms with E-state index in [0.29, 0.717) is 5.52 Å². The van der Waals surface area contributed by atoms with E-state index in [1.807, 2.05) is 12.1 Å². The first-order chi connectivity index (χ1) is 10.6. The average molecular weight is 310 g/mol. The molecular formula is C17H14N2O2S. The van der Waals surface area contributed by atoms with E-state index in [2.05, 4.69) is 6.07 Å². The molecule has 0 unspecified atom stereocenters. The molecule has 0 N–H and O–H groups in total. The number of nitrogens with zero attached hydrogens (tertiary/aromatic N) is 2. The smallest absolute Gasteiger partial charge is 0.241 e. The molecule has 0 amide bonds. The van der Waals surface area contributed by atoms with Crippen LogP contribution in [0.3, 0.4) is 0 Å². The highest BCUT2D eigenvalue weighted by Crippen LogP contribution is 2.30. The van der Waals surface area contributed by atoms with Crippen LogP contribution in [0.1, 0.15) is 18.4 Å². The van der Waals surface area contributed by atoms with E-state index in [1.165, 1.54) is 3.97 Å². The minimum atomic E-state index is -3.68. The van der Waals surface area contributed by atoms with Gasteiger partial charge in [0, 0.05) is 11.6 Å². The van der Waals surface area contributed by atoms with Crippen LogP contribution in [0.5, 0.6) is 0 Å². The topological polar surface area (TPSA) is 62.9 Å². The first-order valence-corrected chi connectivity index (χ1v) is 8.30. The fourth-order valence-corrected chi connectivity index (χ4v) is 3.89. The number of aromatic nitrogens is 1. The Morgan fingerprint density at radius 3 is 2.36 bits per heavy atom. The molecule has 0 saturated carbocycles. The van der Waals surface area contributed by atoms with Gasteiger partial charge in [-0.2, -0.15) is 5.26 Å². The van der Waals surface area contributed by atoms with Gasteiger partial charge < -0.3 is 0 Å². The van der Waals surface area contributed by atoms with Crippen molar-refractivity contribution in [1.82, 2.24) is 3.97 Å². The third-order valence-electron chi connectivity index (χ3n) is 3.67. The Morgan fingerprint density at radius 1 is 1.05 bits per heavy atom. The molecule has 3 rings (SSSR count). The Kier molecular flexibility index (Phi) is 3.47. The highest BCUT2D eigenvalue weighted by Gasteiger charge is 2.22. The van der Waals surface area contributed by atoms with Gasteiger partial charge in [0.2, 0.25) is 0 Å². The van der Waals surface area contributed by atoms with Gasteiger partial charge in [0.25, 0.3) is 10.0 Å². The summed E-state index contributed by atoms with van der Waals surface area (Å²) in [5, 5.41) is 9.96. The number of rotatable bonds is 3. The van der Waals surface area contributed by atoms with Crippen LogP contribution in [0.25, 0.3) is 10.9 Å². The van der Waals surface area contributed by atoms with Gasteiger partial charge in [-0.3, -0.25) is 0 Å². The van der Waals surface area contributed by atoms with Crippen molar-refractivity contribution in [2.75, 3.05) is 0 Å². The van der Waals surface area contributed by atoms with Crippen molar-refractivity contribution < 1.29 is 8.42 Å². The van der Waals surface area contributed by atoms with Gasteiger partial charge in [0.1, 0.15) is 0 Å². The SMILES string of the molecule is C[C@@H](C#N)c1cn(S(=O)(=O)c2ccccc2)c2ccccc12. The van der Waals surface area contributed by atoms with Crippen LogP contribution in [-0.2, 0) is 10.0 Å². The summed E-state index contributed by atoms with van der Waals surface area (Å²) in [5.41, 5.74) is 1.31. The molecule has 2 aromatic carbocycles. The number of hydrogen-bond acceptors (Lipinski definition) is 3. The Labute approximate surface area is 129 Å². The largest absolute Gasteiger partial charge is 0.268 e. The van der Waals surface area contributed by atoms with E-state index >= 15 is 0 Å². The molecule has 3 aromatic rings. The van der Waals surface area contributed by atoms with Gasteiger partial charge in [0.15, 0.2) is 0 Å². The van der Waals surface area contributed by atoms with Gasteiger partial charge in [0.05, 0.1) is 22.4 Å². The van der Waals surface area contributed by atoms with E-state index in [0.717, 1.165) is 10.9 Å². The molecule has 0 aliphatic heterocycles. The molecule has 0 spiro atoms. The summed E-state index contributed by atoms with van der Waals surface area (Å²) < 4.78 is 27.0. The number of benzene rings is 2. The van der Waals surface area contributed by atoms with E-state index < -0.39 is 10.0 Å². The van der Waals surface area contributed by atoms with Gasteiger partial charge in [-0.05, 0) is 30.7 Å². The first kappa shape index (κ1) is 14.4. The van der Waals surface area contributed by atoms with Crippen LogP contribution >= 0.6 is 0 Å². The number of nitriles is 1. The monoisotopic (exact) mass is 310 g/mol. The highest BCUT2D eigenvalue weighted by molar-refractivity contribution is 7.90. The van der Waals surface area contributed by atoms with Crippen LogP contribution in [-0.4, -0.2) is 12.4 Å². The maximum atomic E-state index is 12.9. The third-order valence-corrected chi connectivity index (χ3v) is 5.36. The minimum Gasteiger partial charge on any atom is -0.241 e. The van der Waals surface area contributed by atoms with E-state index in [4.69, 9.17) is 5.26 Å². The highest BCUT2D eigenvalue weighted by atomic mass is 32.2. The molecular weight excluding hydrogens is 296 g/mol. The number of hydrogen-bond donors (Lipinski definition) is 0. The van der Waals surface area contributed by atoms with Gasteiger partial charge >= 0.3 is 0 Å². The number of para-hydroxylation sites is 1. The molecule has 4 nitrogen and oxygen atoms in total. The Balaban J connectivity index is 2.31. The molecule has 5 heteroatoms. The lowest BCUT2D eigenvalue weighted by Crippen LogP contribution is -2.11. The molecule has 1 heterocycles. The van der Waals surface area contributed by atoms with Gasteiger partial charge in [-0.1, -0.05) is 36.4 Å². The lowest BCUT2D eigenvalue weighted by molar-refractivity contribution is 0.589. The van der Waals surface area contributed by atoms with E-state index in [9.17, 15) is 8.42 Å². The predicted molar refractivity (Wildman–Crippen MR) is 85.0 cm³/mol. The standard InChI is InChI=1S/C17H14N2O2S/c1-13(11-18)16-12-19(17-10-6-5-9-15(16)17)22(20,21)14-7-3-2-4-8-14/h2-10,12-13H,1H3/t13-/m0/s1. The molecule has 0 radical (unpaired) electrons. The van der Waals surface area contributed by atoms with E-state index in [1.54, 1.807) is 55.6 Å². The molecule has 0 bridgehead atoms. The molecule has 1 aromatic heterocycles. The summed E-state index contributed by atoms with van der Waals surface area (Å²) in [7, 11) is -3.68. The summed E-state index contributed by atoms with van der Waals surface area (Å²) >= 11 is 0. The molecule has 110 valence electrons. The Morgan fingerprint density at radius 2 is 1.68 bits per heavy atom. The Hall–Kier alpha value is -2.58.